The summed E-state index contributed by atoms with van der Waals surface area (Å²) < 4.78 is 5.77. The van der Waals surface area contributed by atoms with E-state index in [9.17, 15) is 4.79 Å². The number of para-hydroxylation sites is 2. The predicted octanol–water partition coefficient (Wildman–Crippen LogP) is 6.16. The van der Waals surface area contributed by atoms with Crippen molar-refractivity contribution < 1.29 is 9.53 Å². The average molecular weight is 386 g/mol. The Morgan fingerprint density at radius 2 is 1.57 bits per heavy atom. The number of aromatic nitrogens is 1. The lowest BCUT2D eigenvalue weighted by molar-refractivity contribution is 0.102. The smallest absolute Gasteiger partial charge is 0.255 e. The van der Waals surface area contributed by atoms with E-state index in [1.165, 1.54) is 0 Å². The standard InChI is InChI=1S/C23H18N2O2S/c1-16-24-22(15-28-16)20-9-5-6-10-21(20)25-23(26)17-11-13-19(14-12-17)27-18-7-3-2-4-8-18/h2-15H,1H3,(H,25,26). The fourth-order valence-corrected chi connectivity index (χ4v) is 3.41. The molecular weight excluding hydrogens is 368 g/mol. The summed E-state index contributed by atoms with van der Waals surface area (Å²) in [5.74, 6) is 1.26. The Hall–Kier alpha value is -3.44. The summed E-state index contributed by atoms with van der Waals surface area (Å²) in [4.78, 5) is 17.2. The second-order valence-electron chi connectivity index (χ2n) is 6.19. The Balaban J connectivity index is 1.50. The first-order chi connectivity index (χ1) is 13.7. The third-order valence-corrected chi connectivity index (χ3v) is 4.94. The summed E-state index contributed by atoms with van der Waals surface area (Å²) in [6.07, 6.45) is 0. The molecule has 3 aromatic carbocycles. The lowest BCUT2D eigenvalue weighted by Crippen LogP contribution is -2.12. The van der Waals surface area contributed by atoms with Crippen LogP contribution in [0.2, 0.25) is 0 Å². The topological polar surface area (TPSA) is 51.2 Å². The highest BCUT2D eigenvalue weighted by molar-refractivity contribution is 7.09. The van der Waals surface area contributed by atoms with Crippen molar-refractivity contribution in [2.75, 3.05) is 5.32 Å². The van der Waals surface area contributed by atoms with Gasteiger partial charge >= 0.3 is 0 Å². The Kier molecular flexibility index (Phi) is 5.17. The second-order valence-corrected chi connectivity index (χ2v) is 7.25. The van der Waals surface area contributed by atoms with Crippen molar-refractivity contribution in [3.05, 3.63) is 94.8 Å². The Bertz CT molecular complexity index is 1090. The summed E-state index contributed by atoms with van der Waals surface area (Å²) in [6, 6.07) is 24.3. The van der Waals surface area contributed by atoms with Gasteiger partial charge in [-0.25, -0.2) is 4.98 Å². The molecule has 1 aromatic heterocycles. The van der Waals surface area contributed by atoms with Crippen molar-refractivity contribution in [1.29, 1.82) is 0 Å². The molecule has 0 fully saturated rings. The number of amides is 1. The molecule has 0 saturated carbocycles. The molecule has 28 heavy (non-hydrogen) atoms. The van der Waals surface area contributed by atoms with Crippen molar-refractivity contribution >= 4 is 22.9 Å². The molecule has 0 spiro atoms. The molecule has 1 amide bonds. The van der Waals surface area contributed by atoms with Crippen LogP contribution in [0.15, 0.2) is 84.2 Å². The maximum Gasteiger partial charge on any atom is 0.255 e. The van der Waals surface area contributed by atoms with Crippen LogP contribution < -0.4 is 10.1 Å². The molecule has 4 aromatic rings. The number of benzene rings is 3. The first kappa shape index (κ1) is 17.9. The molecular formula is C23H18N2O2S. The molecule has 138 valence electrons. The molecule has 0 aliphatic heterocycles. The number of hydrogen-bond donors (Lipinski definition) is 1. The molecule has 5 heteroatoms. The Morgan fingerprint density at radius 3 is 2.29 bits per heavy atom. The minimum atomic E-state index is -0.175. The van der Waals surface area contributed by atoms with Gasteiger partial charge in [0, 0.05) is 16.5 Å². The maximum absolute atomic E-state index is 12.7. The van der Waals surface area contributed by atoms with Crippen LogP contribution in [0.5, 0.6) is 11.5 Å². The highest BCUT2D eigenvalue weighted by Crippen LogP contribution is 2.29. The molecule has 4 nitrogen and oxygen atoms in total. The fraction of sp³-hybridized carbons (Fsp3) is 0.0435. The summed E-state index contributed by atoms with van der Waals surface area (Å²) >= 11 is 1.59. The summed E-state index contributed by atoms with van der Waals surface area (Å²) in [5, 5.41) is 5.98. The minimum Gasteiger partial charge on any atom is -0.457 e. The molecule has 0 radical (unpaired) electrons. The number of hydrogen-bond acceptors (Lipinski definition) is 4. The van der Waals surface area contributed by atoms with Crippen LogP contribution in [0.1, 0.15) is 15.4 Å². The molecule has 4 rings (SSSR count). The van der Waals surface area contributed by atoms with E-state index >= 15 is 0 Å². The van der Waals surface area contributed by atoms with Gasteiger partial charge in [0.05, 0.1) is 16.4 Å². The lowest BCUT2D eigenvalue weighted by Gasteiger charge is -2.10. The normalized spacial score (nSPS) is 10.5. The SMILES string of the molecule is Cc1nc(-c2ccccc2NC(=O)c2ccc(Oc3ccccc3)cc2)cs1. The highest BCUT2D eigenvalue weighted by Gasteiger charge is 2.12. The summed E-state index contributed by atoms with van der Waals surface area (Å²) in [7, 11) is 0. The molecule has 0 atom stereocenters. The van der Waals surface area contributed by atoms with Gasteiger partial charge in [0.2, 0.25) is 0 Å². The number of ether oxygens (including phenoxy) is 1. The van der Waals surface area contributed by atoms with E-state index < -0.39 is 0 Å². The number of rotatable bonds is 5. The predicted molar refractivity (Wildman–Crippen MR) is 113 cm³/mol. The second kappa shape index (κ2) is 8.06. The Morgan fingerprint density at radius 1 is 0.893 bits per heavy atom. The van der Waals surface area contributed by atoms with Gasteiger partial charge in [-0.2, -0.15) is 0 Å². The first-order valence-corrected chi connectivity index (χ1v) is 9.73. The minimum absolute atomic E-state index is 0.175. The van der Waals surface area contributed by atoms with Gasteiger partial charge in [0.1, 0.15) is 11.5 Å². The first-order valence-electron chi connectivity index (χ1n) is 8.85. The van der Waals surface area contributed by atoms with Crippen LogP contribution in [-0.2, 0) is 0 Å². The quantitative estimate of drug-likeness (QED) is 0.447. The number of carbonyl (C=O) groups excluding carboxylic acids is 1. The number of aryl methyl sites for hydroxylation is 1. The van der Waals surface area contributed by atoms with Crippen LogP contribution in [0, 0.1) is 6.92 Å². The highest BCUT2D eigenvalue weighted by atomic mass is 32.1. The van der Waals surface area contributed by atoms with Crippen LogP contribution >= 0.6 is 11.3 Å². The van der Waals surface area contributed by atoms with E-state index in [0.29, 0.717) is 11.3 Å². The van der Waals surface area contributed by atoms with Gasteiger partial charge < -0.3 is 10.1 Å². The van der Waals surface area contributed by atoms with Gasteiger partial charge in [-0.05, 0) is 49.4 Å². The summed E-state index contributed by atoms with van der Waals surface area (Å²) in [6.45, 7) is 1.97. The number of anilines is 1. The van der Waals surface area contributed by atoms with Gasteiger partial charge in [-0.15, -0.1) is 11.3 Å². The third kappa shape index (κ3) is 4.10. The zero-order valence-corrected chi connectivity index (χ0v) is 16.1. The molecule has 1 heterocycles. The number of nitrogens with zero attached hydrogens (tertiary/aromatic N) is 1. The maximum atomic E-state index is 12.7. The van der Waals surface area contributed by atoms with Crippen molar-refractivity contribution in [1.82, 2.24) is 4.98 Å². The Labute approximate surface area is 167 Å². The van der Waals surface area contributed by atoms with Gasteiger partial charge in [0.15, 0.2) is 0 Å². The van der Waals surface area contributed by atoms with Gasteiger partial charge in [-0.1, -0.05) is 36.4 Å². The van der Waals surface area contributed by atoms with Crippen LogP contribution in [0.3, 0.4) is 0 Å². The number of carbonyl (C=O) groups is 1. The lowest BCUT2D eigenvalue weighted by atomic mass is 10.1. The van der Waals surface area contributed by atoms with E-state index in [4.69, 9.17) is 4.74 Å². The largest absolute Gasteiger partial charge is 0.457 e. The van der Waals surface area contributed by atoms with Crippen LogP contribution in [-0.4, -0.2) is 10.9 Å². The third-order valence-electron chi connectivity index (χ3n) is 4.17. The molecule has 0 aliphatic rings. The molecule has 0 saturated heterocycles. The van der Waals surface area contributed by atoms with Crippen LogP contribution in [0.4, 0.5) is 5.69 Å². The molecule has 0 aliphatic carbocycles. The van der Waals surface area contributed by atoms with Crippen LogP contribution in [0.25, 0.3) is 11.3 Å². The number of nitrogens with one attached hydrogen (secondary N) is 1. The van der Waals surface area contributed by atoms with E-state index in [1.54, 1.807) is 35.6 Å². The molecule has 0 bridgehead atoms. The van der Waals surface area contributed by atoms with E-state index in [0.717, 1.165) is 27.7 Å². The molecule has 1 N–H and O–H groups in total. The molecule has 0 unspecified atom stereocenters. The van der Waals surface area contributed by atoms with E-state index in [1.807, 2.05) is 66.9 Å². The fourth-order valence-electron chi connectivity index (χ4n) is 2.80. The number of thiazole rings is 1. The van der Waals surface area contributed by atoms with Gasteiger partial charge in [-0.3, -0.25) is 4.79 Å². The van der Waals surface area contributed by atoms with E-state index in [2.05, 4.69) is 10.3 Å². The summed E-state index contributed by atoms with van der Waals surface area (Å²) in [5.41, 5.74) is 3.07. The van der Waals surface area contributed by atoms with Crippen molar-refractivity contribution in [3.8, 4) is 22.8 Å². The van der Waals surface area contributed by atoms with E-state index in [-0.39, 0.29) is 5.91 Å². The van der Waals surface area contributed by atoms with Crippen molar-refractivity contribution in [2.45, 2.75) is 6.92 Å². The monoisotopic (exact) mass is 386 g/mol. The van der Waals surface area contributed by atoms with Gasteiger partial charge in [0.25, 0.3) is 5.91 Å². The van der Waals surface area contributed by atoms with Crippen molar-refractivity contribution in [2.24, 2.45) is 0 Å². The average Bonchev–Trinajstić information content (AvgIpc) is 3.16. The van der Waals surface area contributed by atoms with Crippen molar-refractivity contribution in [3.63, 3.8) is 0 Å². The zero-order chi connectivity index (χ0) is 19.3. The zero-order valence-electron chi connectivity index (χ0n) is 15.3.